The lowest BCUT2D eigenvalue weighted by Crippen LogP contribution is -2.24. The van der Waals surface area contributed by atoms with Crippen molar-refractivity contribution in [3.8, 4) is 5.13 Å². The summed E-state index contributed by atoms with van der Waals surface area (Å²) in [6.45, 7) is 2.42. The van der Waals surface area contributed by atoms with Crippen LogP contribution in [0.1, 0.15) is 17.0 Å². The third-order valence-electron chi connectivity index (χ3n) is 6.21. The Morgan fingerprint density at radius 2 is 1.67 bits per heavy atom. The molecule has 0 bridgehead atoms. The van der Waals surface area contributed by atoms with Crippen molar-refractivity contribution in [2.45, 2.75) is 20.0 Å². The van der Waals surface area contributed by atoms with Gasteiger partial charge in [-0.05, 0) is 36.8 Å². The second kappa shape index (κ2) is 8.89. The van der Waals surface area contributed by atoms with E-state index in [-0.39, 0.29) is 17.7 Å². The number of halogens is 1. The van der Waals surface area contributed by atoms with E-state index in [1.54, 1.807) is 28.3 Å². The van der Waals surface area contributed by atoms with Gasteiger partial charge in [-0.15, -0.1) is 0 Å². The van der Waals surface area contributed by atoms with Crippen LogP contribution >= 0.6 is 22.9 Å². The second-order valence-corrected chi connectivity index (χ2v) is 9.89. The van der Waals surface area contributed by atoms with E-state index in [0.717, 1.165) is 15.8 Å². The summed E-state index contributed by atoms with van der Waals surface area (Å²) in [6.07, 6.45) is 0. The maximum atomic E-state index is 14.0. The van der Waals surface area contributed by atoms with Crippen LogP contribution in [-0.4, -0.2) is 23.9 Å². The van der Waals surface area contributed by atoms with Crippen LogP contribution in [-0.2, 0) is 13.1 Å². The van der Waals surface area contributed by atoms with Gasteiger partial charge in [0.2, 0.25) is 5.13 Å². The SMILES string of the molecule is Cc1c2c(=O)n(-c3nc4ccccc4s3)n(Cc3ccccc3)c2cc(=O)n1Cc1cccc(Cl)n1. The first-order chi connectivity index (χ1) is 17.5. The van der Waals surface area contributed by atoms with Crippen molar-refractivity contribution in [1.29, 1.82) is 0 Å². The average molecular weight is 514 g/mol. The molecule has 0 atom stereocenters. The Hall–Kier alpha value is -4.01. The number of benzene rings is 2. The number of nitrogens with zero attached hydrogens (tertiary/aromatic N) is 5. The predicted molar refractivity (Wildman–Crippen MR) is 144 cm³/mol. The van der Waals surface area contributed by atoms with Gasteiger partial charge in [-0.3, -0.25) is 14.3 Å². The van der Waals surface area contributed by atoms with Crippen LogP contribution in [0.2, 0.25) is 5.15 Å². The Morgan fingerprint density at radius 3 is 2.44 bits per heavy atom. The fourth-order valence-electron chi connectivity index (χ4n) is 4.49. The minimum absolute atomic E-state index is 0.214. The number of hydrogen-bond donors (Lipinski definition) is 0. The molecule has 0 fully saturated rings. The zero-order valence-electron chi connectivity index (χ0n) is 19.3. The molecule has 0 amide bonds. The fourth-order valence-corrected chi connectivity index (χ4v) is 5.65. The Bertz CT molecular complexity index is 1830. The first-order valence-corrected chi connectivity index (χ1v) is 12.6. The van der Waals surface area contributed by atoms with Gasteiger partial charge in [0, 0.05) is 11.8 Å². The summed E-state index contributed by atoms with van der Waals surface area (Å²) in [5, 5.41) is 1.39. The van der Waals surface area contributed by atoms with Gasteiger partial charge >= 0.3 is 0 Å². The van der Waals surface area contributed by atoms with Crippen molar-refractivity contribution in [1.82, 2.24) is 23.9 Å². The maximum absolute atomic E-state index is 14.0. The molecule has 0 aliphatic heterocycles. The van der Waals surface area contributed by atoms with Crippen LogP contribution in [0.4, 0.5) is 0 Å². The van der Waals surface area contributed by atoms with Gasteiger partial charge in [-0.2, -0.15) is 4.68 Å². The number of rotatable bonds is 5. The van der Waals surface area contributed by atoms with Crippen LogP contribution in [0.5, 0.6) is 0 Å². The molecule has 0 aliphatic carbocycles. The molecular weight excluding hydrogens is 494 g/mol. The molecule has 36 heavy (non-hydrogen) atoms. The van der Waals surface area contributed by atoms with Gasteiger partial charge in [0.15, 0.2) is 0 Å². The Kier molecular flexibility index (Phi) is 5.55. The van der Waals surface area contributed by atoms with Gasteiger partial charge in [-0.25, -0.2) is 9.97 Å². The topological polar surface area (TPSA) is 74.7 Å². The van der Waals surface area contributed by atoms with E-state index in [1.807, 2.05) is 65.3 Å². The highest BCUT2D eigenvalue weighted by Gasteiger charge is 2.22. The van der Waals surface area contributed by atoms with Crippen LogP contribution in [0.25, 0.3) is 26.3 Å². The summed E-state index contributed by atoms with van der Waals surface area (Å²) < 4.78 is 6.00. The van der Waals surface area contributed by atoms with Gasteiger partial charge < -0.3 is 4.57 Å². The Morgan fingerprint density at radius 1 is 0.889 bits per heavy atom. The second-order valence-electron chi connectivity index (χ2n) is 8.49. The normalized spacial score (nSPS) is 11.5. The Balaban J connectivity index is 1.61. The van der Waals surface area contributed by atoms with Crippen LogP contribution in [0, 0.1) is 6.92 Å². The molecule has 0 unspecified atom stereocenters. The summed E-state index contributed by atoms with van der Waals surface area (Å²) in [7, 11) is 0. The van der Waals surface area contributed by atoms with Crippen LogP contribution < -0.4 is 11.1 Å². The first-order valence-electron chi connectivity index (χ1n) is 11.4. The molecule has 6 rings (SSSR count). The lowest BCUT2D eigenvalue weighted by molar-refractivity contribution is 0.610. The summed E-state index contributed by atoms with van der Waals surface area (Å²) in [6, 6.07) is 24.5. The lowest BCUT2D eigenvalue weighted by Gasteiger charge is -2.12. The standard InChI is InChI=1S/C27H20ClN5O2S/c1-17-25-21(14-24(34)31(17)16-19-10-7-13-23(28)29-19)32(15-18-8-3-2-4-9-18)33(26(25)35)27-30-20-11-5-6-12-22(20)36-27/h2-14H,15-16H2,1H3. The molecule has 0 radical (unpaired) electrons. The van der Waals surface area contributed by atoms with E-state index in [4.69, 9.17) is 16.6 Å². The van der Waals surface area contributed by atoms with Crippen molar-refractivity contribution in [2.24, 2.45) is 0 Å². The molecular formula is C27H20ClN5O2S. The number of aromatic nitrogens is 5. The summed E-state index contributed by atoms with van der Waals surface area (Å²) in [4.78, 5) is 36.3. The van der Waals surface area contributed by atoms with E-state index in [0.29, 0.717) is 39.1 Å². The molecule has 2 aromatic carbocycles. The summed E-state index contributed by atoms with van der Waals surface area (Å²) in [5.74, 6) is 0. The number of thiazole rings is 1. The molecule has 178 valence electrons. The van der Waals surface area contributed by atoms with E-state index in [2.05, 4.69) is 4.98 Å². The highest BCUT2D eigenvalue weighted by molar-refractivity contribution is 7.20. The van der Waals surface area contributed by atoms with E-state index >= 15 is 0 Å². The molecule has 0 N–H and O–H groups in total. The minimum atomic E-state index is -0.218. The molecule has 7 nitrogen and oxygen atoms in total. The predicted octanol–water partition coefficient (Wildman–Crippen LogP) is 5.02. The van der Waals surface area contributed by atoms with Gasteiger partial charge in [-0.1, -0.05) is 71.5 Å². The first kappa shape index (κ1) is 22.5. The van der Waals surface area contributed by atoms with E-state index in [1.165, 1.54) is 17.4 Å². The molecule has 0 aliphatic rings. The summed E-state index contributed by atoms with van der Waals surface area (Å²) in [5.41, 5.74) is 3.18. The molecule has 4 heterocycles. The largest absolute Gasteiger partial charge is 0.306 e. The van der Waals surface area contributed by atoms with Gasteiger partial charge in [0.05, 0.1) is 39.9 Å². The van der Waals surface area contributed by atoms with Crippen molar-refractivity contribution in [2.75, 3.05) is 0 Å². The van der Waals surface area contributed by atoms with Crippen molar-refractivity contribution in [3.63, 3.8) is 0 Å². The smallest absolute Gasteiger partial charge is 0.283 e. The number of fused-ring (bicyclic) bond motifs is 2. The van der Waals surface area contributed by atoms with Crippen molar-refractivity contribution >= 4 is 44.1 Å². The molecule has 0 spiro atoms. The monoisotopic (exact) mass is 513 g/mol. The molecule has 9 heteroatoms. The maximum Gasteiger partial charge on any atom is 0.283 e. The quantitative estimate of drug-likeness (QED) is 0.303. The zero-order chi connectivity index (χ0) is 24.8. The van der Waals surface area contributed by atoms with E-state index < -0.39 is 0 Å². The van der Waals surface area contributed by atoms with Crippen molar-refractivity contribution in [3.05, 3.63) is 122 Å². The highest BCUT2D eigenvalue weighted by Crippen LogP contribution is 2.26. The molecule has 0 saturated heterocycles. The summed E-state index contributed by atoms with van der Waals surface area (Å²) >= 11 is 7.50. The number of aryl methyl sites for hydroxylation is 1. The number of para-hydroxylation sites is 1. The van der Waals surface area contributed by atoms with Gasteiger partial charge in [0.25, 0.3) is 11.1 Å². The molecule has 6 aromatic rings. The molecule has 4 aromatic heterocycles. The lowest BCUT2D eigenvalue weighted by atomic mass is 10.2. The Labute approximate surface area is 214 Å². The van der Waals surface area contributed by atoms with Gasteiger partial charge in [0.1, 0.15) is 5.15 Å². The van der Waals surface area contributed by atoms with Crippen LogP contribution in [0.3, 0.4) is 0 Å². The van der Waals surface area contributed by atoms with Crippen molar-refractivity contribution < 1.29 is 0 Å². The zero-order valence-corrected chi connectivity index (χ0v) is 20.8. The highest BCUT2D eigenvalue weighted by atomic mass is 35.5. The number of hydrogen-bond acceptors (Lipinski definition) is 5. The van der Waals surface area contributed by atoms with Crippen LogP contribution in [0.15, 0.2) is 88.5 Å². The average Bonchev–Trinajstić information content (AvgIpc) is 3.41. The van der Waals surface area contributed by atoms with E-state index in [9.17, 15) is 9.59 Å². The number of pyridine rings is 2. The fraction of sp³-hybridized carbons (Fsp3) is 0.111. The third kappa shape index (κ3) is 3.84. The minimum Gasteiger partial charge on any atom is -0.306 e. The molecule has 0 saturated carbocycles. The third-order valence-corrected chi connectivity index (χ3v) is 7.43.